The first-order valence-corrected chi connectivity index (χ1v) is 6.62. The Hall–Kier alpha value is -0.430. The molecule has 1 saturated heterocycles. The predicted octanol–water partition coefficient (Wildman–Crippen LogP) is 0.406. The zero-order valence-corrected chi connectivity index (χ0v) is 11.3. The van der Waals surface area contributed by atoms with Crippen LogP contribution in [0.15, 0.2) is 15.7 Å². The molecule has 0 aromatic heterocycles. The van der Waals surface area contributed by atoms with Gasteiger partial charge in [0.05, 0.1) is 24.8 Å². The van der Waals surface area contributed by atoms with E-state index in [-0.39, 0.29) is 11.6 Å². The van der Waals surface area contributed by atoms with Gasteiger partial charge in [-0.15, -0.1) is 0 Å². The van der Waals surface area contributed by atoms with E-state index < -0.39 is 6.23 Å². The number of fused-ring (bicyclic) bond motifs is 3. The van der Waals surface area contributed by atoms with Gasteiger partial charge in [-0.3, -0.25) is 4.90 Å². The Bertz CT molecular complexity index is 398. The highest BCUT2D eigenvalue weighted by molar-refractivity contribution is 9.11. The molecule has 3 heterocycles. The van der Waals surface area contributed by atoms with Crippen molar-refractivity contribution in [2.45, 2.75) is 31.2 Å². The van der Waals surface area contributed by atoms with Gasteiger partial charge in [0.15, 0.2) is 6.23 Å². The summed E-state index contributed by atoms with van der Waals surface area (Å²) in [6.07, 6.45) is 2.08. The van der Waals surface area contributed by atoms with Crippen molar-refractivity contribution < 1.29 is 9.84 Å². The van der Waals surface area contributed by atoms with Crippen molar-refractivity contribution in [1.82, 2.24) is 10.2 Å². The van der Waals surface area contributed by atoms with Gasteiger partial charge in [-0.25, -0.2) is 4.99 Å². The Morgan fingerprint density at radius 1 is 1.71 bits per heavy atom. The zero-order chi connectivity index (χ0) is 12.0. The van der Waals surface area contributed by atoms with Crippen LogP contribution >= 0.6 is 15.9 Å². The number of nitrogens with zero attached hydrogens (tertiary/aromatic N) is 2. The second-order valence-electron chi connectivity index (χ2n) is 4.91. The van der Waals surface area contributed by atoms with Crippen LogP contribution in [-0.4, -0.2) is 53.4 Å². The molecular weight excluding hydrogens is 286 g/mol. The number of hydrogen-bond acceptors (Lipinski definition) is 5. The third kappa shape index (κ3) is 1.74. The topological polar surface area (TPSA) is 57.1 Å². The summed E-state index contributed by atoms with van der Waals surface area (Å²) in [7, 11) is 0. The van der Waals surface area contributed by atoms with Crippen LogP contribution in [-0.2, 0) is 4.74 Å². The zero-order valence-electron chi connectivity index (χ0n) is 9.69. The summed E-state index contributed by atoms with van der Waals surface area (Å²) < 4.78 is 6.57. The highest BCUT2D eigenvalue weighted by Gasteiger charge is 2.49. The van der Waals surface area contributed by atoms with Gasteiger partial charge in [-0.2, -0.15) is 0 Å². The van der Waals surface area contributed by atoms with Crippen LogP contribution in [0.25, 0.3) is 0 Å². The summed E-state index contributed by atoms with van der Waals surface area (Å²) in [6, 6.07) is -0.0299. The van der Waals surface area contributed by atoms with Crippen LogP contribution < -0.4 is 5.32 Å². The molecule has 0 spiro atoms. The molecule has 6 heteroatoms. The highest BCUT2D eigenvalue weighted by atomic mass is 79.9. The lowest BCUT2D eigenvalue weighted by Gasteiger charge is -2.53. The molecule has 1 fully saturated rings. The maximum absolute atomic E-state index is 10.0. The summed E-state index contributed by atoms with van der Waals surface area (Å²) in [5, 5.41) is 13.2. The van der Waals surface area contributed by atoms with Crippen molar-refractivity contribution in [1.29, 1.82) is 0 Å². The SMILES string of the molecule is CC12CC(Br)=CNC1=NC(O)C1COCCN12. The molecule has 17 heavy (non-hydrogen) atoms. The molecule has 3 atom stereocenters. The number of morpholine rings is 1. The Morgan fingerprint density at radius 3 is 3.35 bits per heavy atom. The molecule has 0 aromatic rings. The van der Waals surface area contributed by atoms with E-state index >= 15 is 0 Å². The average molecular weight is 302 g/mol. The van der Waals surface area contributed by atoms with Gasteiger partial charge in [0.2, 0.25) is 0 Å². The Balaban J connectivity index is 2.01. The molecule has 0 aliphatic carbocycles. The third-order valence-electron chi connectivity index (χ3n) is 3.79. The summed E-state index contributed by atoms with van der Waals surface area (Å²) in [4.78, 5) is 6.68. The normalized spacial score (nSPS) is 41.8. The Kier molecular flexibility index (Phi) is 2.77. The minimum absolute atomic E-state index is 0.0299. The van der Waals surface area contributed by atoms with Crippen molar-refractivity contribution in [3.8, 4) is 0 Å². The van der Waals surface area contributed by atoms with Gasteiger partial charge >= 0.3 is 0 Å². The van der Waals surface area contributed by atoms with Gasteiger partial charge < -0.3 is 15.2 Å². The number of aliphatic hydroxyl groups is 1. The van der Waals surface area contributed by atoms with E-state index in [1.807, 2.05) is 6.20 Å². The first-order valence-electron chi connectivity index (χ1n) is 5.83. The summed E-state index contributed by atoms with van der Waals surface area (Å²) in [5.74, 6) is 0.853. The molecule has 0 saturated carbocycles. The molecule has 3 aliphatic rings. The fourth-order valence-electron chi connectivity index (χ4n) is 2.88. The van der Waals surface area contributed by atoms with E-state index in [1.165, 1.54) is 0 Å². The molecule has 0 amide bonds. The van der Waals surface area contributed by atoms with Gasteiger partial charge in [0.1, 0.15) is 5.84 Å². The minimum Gasteiger partial charge on any atom is -0.378 e. The number of aliphatic hydroxyl groups excluding tert-OH is 1. The van der Waals surface area contributed by atoms with Crippen molar-refractivity contribution in [3.63, 3.8) is 0 Å². The summed E-state index contributed by atoms with van der Waals surface area (Å²) >= 11 is 3.54. The Morgan fingerprint density at radius 2 is 2.53 bits per heavy atom. The van der Waals surface area contributed by atoms with Crippen molar-refractivity contribution in [2.24, 2.45) is 4.99 Å². The first kappa shape index (κ1) is 11.6. The van der Waals surface area contributed by atoms with Gasteiger partial charge in [0, 0.05) is 23.6 Å². The minimum atomic E-state index is -0.698. The molecule has 5 nitrogen and oxygen atoms in total. The molecular formula is C11H16BrN3O2. The number of aliphatic imine (C=N–C) groups is 1. The number of hydrogen-bond donors (Lipinski definition) is 2. The molecule has 3 aliphatic heterocycles. The summed E-state index contributed by atoms with van der Waals surface area (Å²) in [5.41, 5.74) is -0.165. The third-order valence-corrected chi connectivity index (χ3v) is 4.30. The Labute approximate surface area is 109 Å². The highest BCUT2D eigenvalue weighted by Crippen LogP contribution is 2.36. The van der Waals surface area contributed by atoms with Crippen molar-refractivity contribution in [3.05, 3.63) is 10.7 Å². The van der Waals surface area contributed by atoms with Crippen LogP contribution in [0.5, 0.6) is 0 Å². The summed E-state index contributed by atoms with van der Waals surface area (Å²) in [6.45, 7) is 4.26. The van der Waals surface area contributed by atoms with E-state index in [2.05, 4.69) is 38.1 Å². The number of rotatable bonds is 0. The van der Waals surface area contributed by atoms with E-state index in [9.17, 15) is 5.11 Å². The quantitative estimate of drug-likeness (QED) is 0.680. The number of amidine groups is 1. The van der Waals surface area contributed by atoms with Crippen molar-refractivity contribution >= 4 is 21.8 Å². The molecule has 0 bridgehead atoms. The van der Waals surface area contributed by atoms with E-state index in [0.717, 1.165) is 23.3 Å². The molecule has 3 rings (SSSR count). The monoisotopic (exact) mass is 301 g/mol. The van der Waals surface area contributed by atoms with Gasteiger partial charge in [0.25, 0.3) is 0 Å². The van der Waals surface area contributed by atoms with E-state index in [0.29, 0.717) is 13.2 Å². The molecule has 0 radical (unpaired) electrons. The smallest absolute Gasteiger partial charge is 0.164 e. The second kappa shape index (κ2) is 4.05. The van der Waals surface area contributed by atoms with Crippen LogP contribution in [0.1, 0.15) is 13.3 Å². The molecule has 3 unspecified atom stereocenters. The van der Waals surface area contributed by atoms with Gasteiger partial charge in [-0.1, -0.05) is 15.9 Å². The van der Waals surface area contributed by atoms with Crippen molar-refractivity contribution in [2.75, 3.05) is 19.8 Å². The van der Waals surface area contributed by atoms with Crippen LogP contribution in [0.4, 0.5) is 0 Å². The fourth-order valence-corrected chi connectivity index (χ4v) is 3.54. The second-order valence-corrected chi connectivity index (χ2v) is 5.93. The van der Waals surface area contributed by atoms with E-state index in [4.69, 9.17) is 4.74 Å². The average Bonchev–Trinajstić information content (AvgIpc) is 2.32. The number of nitrogens with one attached hydrogen (secondary N) is 1. The standard InChI is InChI=1S/C11H16BrN3O2/c1-11-4-7(12)5-13-10(11)14-9(16)8-6-17-3-2-15(8)11/h5,8-9,16H,2-4,6H2,1H3,(H,13,14). The van der Waals surface area contributed by atoms with E-state index in [1.54, 1.807) is 0 Å². The number of ether oxygens (including phenoxy) is 1. The fraction of sp³-hybridized carbons (Fsp3) is 0.727. The lowest BCUT2D eigenvalue weighted by molar-refractivity contribution is -0.0920. The van der Waals surface area contributed by atoms with Crippen LogP contribution in [0.2, 0.25) is 0 Å². The molecule has 2 N–H and O–H groups in total. The first-order chi connectivity index (χ1) is 8.11. The maximum atomic E-state index is 10.0. The van der Waals surface area contributed by atoms with Crippen LogP contribution in [0.3, 0.4) is 0 Å². The lowest BCUT2D eigenvalue weighted by Crippen LogP contribution is -2.69. The maximum Gasteiger partial charge on any atom is 0.164 e. The van der Waals surface area contributed by atoms with Crippen LogP contribution in [0, 0.1) is 0 Å². The lowest BCUT2D eigenvalue weighted by atomic mass is 9.87. The molecule has 94 valence electrons. The number of halogens is 1. The van der Waals surface area contributed by atoms with Gasteiger partial charge in [-0.05, 0) is 6.92 Å². The molecule has 0 aromatic carbocycles. The predicted molar refractivity (Wildman–Crippen MR) is 67.9 cm³/mol. The largest absolute Gasteiger partial charge is 0.378 e.